The summed E-state index contributed by atoms with van der Waals surface area (Å²) in [5.41, 5.74) is 3.40. The fourth-order valence-electron chi connectivity index (χ4n) is 3.39. The first-order chi connectivity index (χ1) is 13.6. The highest BCUT2D eigenvalue weighted by molar-refractivity contribution is 9.10. The molecule has 0 fully saturated rings. The zero-order valence-corrected chi connectivity index (χ0v) is 17.8. The molecule has 1 aliphatic rings. The number of thioether (sulfide) groups is 1. The van der Waals surface area contributed by atoms with E-state index in [2.05, 4.69) is 49.6 Å². The Morgan fingerprint density at radius 2 is 2.11 bits per heavy atom. The molecular weight excluding hydrogens is 438 g/mol. The minimum atomic E-state index is -0.329. The standard InChI is InChI=1S/C21H20BrN3O2S/c1-13(19(26)23-18-11-5-7-14-6-2-3-10-17(14)18)28-21-25-24-20(27-21)15-8-4-9-16(22)12-15/h2-4,6,8-10,12-13,18H,5,7,11H2,1H3,(H,23,26). The lowest BCUT2D eigenvalue weighted by Crippen LogP contribution is -2.35. The lowest BCUT2D eigenvalue weighted by atomic mass is 9.88. The van der Waals surface area contributed by atoms with Gasteiger partial charge in [0.25, 0.3) is 5.22 Å². The van der Waals surface area contributed by atoms with E-state index >= 15 is 0 Å². The van der Waals surface area contributed by atoms with Crippen LogP contribution in [0.1, 0.15) is 36.9 Å². The van der Waals surface area contributed by atoms with E-state index in [4.69, 9.17) is 4.42 Å². The van der Waals surface area contributed by atoms with Crippen molar-refractivity contribution in [2.24, 2.45) is 0 Å². The van der Waals surface area contributed by atoms with Crippen LogP contribution in [0.3, 0.4) is 0 Å². The molecule has 2 unspecified atom stereocenters. The van der Waals surface area contributed by atoms with Gasteiger partial charge in [-0.05, 0) is 55.5 Å². The number of hydrogen-bond acceptors (Lipinski definition) is 5. The molecule has 144 valence electrons. The van der Waals surface area contributed by atoms with Crippen molar-refractivity contribution in [2.45, 2.75) is 42.7 Å². The Kier molecular flexibility index (Phi) is 5.82. The van der Waals surface area contributed by atoms with Gasteiger partial charge in [0, 0.05) is 10.0 Å². The molecule has 0 bridgehead atoms. The van der Waals surface area contributed by atoms with Gasteiger partial charge >= 0.3 is 0 Å². The highest BCUT2D eigenvalue weighted by atomic mass is 79.9. The van der Waals surface area contributed by atoms with Crippen molar-refractivity contribution in [3.05, 3.63) is 64.1 Å². The number of nitrogens with zero attached hydrogens (tertiary/aromatic N) is 2. The van der Waals surface area contributed by atoms with Crippen LogP contribution in [0.5, 0.6) is 0 Å². The van der Waals surface area contributed by atoms with Crippen LogP contribution in [0.4, 0.5) is 0 Å². The van der Waals surface area contributed by atoms with Crippen LogP contribution in [0.15, 0.2) is 62.6 Å². The molecule has 0 spiro atoms. The van der Waals surface area contributed by atoms with Crippen molar-refractivity contribution >= 4 is 33.6 Å². The molecule has 7 heteroatoms. The van der Waals surface area contributed by atoms with Gasteiger partial charge in [-0.1, -0.05) is 58.0 Å². The summed E-state index contributed by atoms with van der Waals surface area (Å²) in [6, 6.07) is 16.1. The maximum atomic E-state index is 12.7. The molecule has 5 nitrogen and oxygen atoms in total. The molecule has 28 heavy (non-hydrogen) atoms. The van der Waals surface area contributed by atoms with Crippen molar-refractivity contribution in [3.8, 4) is 11.5 Å². The van der Waals surface area contributed by atoms with Crippen molar-refractivity contribution in [2.75, 3.05) is 0 Å². The van der Waals surface area contributed by atoms with E-state index in [0.29, 0.717) is 11.1 Å². The number of benzene rings is 2. The maximum Gasteiger partial charge on any atom is 0.277 e. The van der Waals surface area contributed by atoms with Crippen molar-refractivity contribution < 1.29 is 9.21 Å². The molecule has 1 aliphatic carbocycles. The largest absolute Gasteiger partial charge is 0.411 e. The quantitative estimate of drug-likeness (QED) is 0.534. The molecule has 0 saturated carbocycles. The average Bonchev–Trinajstić information content (AvgIpc) is 3.17. The van der Waals surface area contributed by atoms with Crippen molar-refractivity contribution in [3.63, 3.8) is 0 Å². The number of amides is 1. The minimum absolute atomic E-state index is 0.0195. The predicted octanol–water partition coefficient (Wildman–Crippen LogP) is 5.17. The zero-order chi connectivity index (χ0) is 19.5. The lowest BCUT2D eigenvalue weighted by molar-refractivity contribution is -0.121. The van der Waals surface area contributed by atoms with Crippen LogP contribution >= 0.6 is 27.7 Å². The van der Waals surface area contributed by atoms with E-state index in [0.717, 1.165) is 29.3 Å². The maximum absolute atomic E-state index is 12.7. The summed E-state index contributed by atoms with van der Waals surface area (Å²) in [6.45, 7) is 1.86. The second-order valence-corrected chi connectivity index (χ2v) is 9.00. The van der Waals surface area contributed by atoms with Crippen LogP contribution < -0.4 is 5.32 Å². The Morgan fingerprint density at radius 1 is 1.25 bits per heavy atom. The number of halogens is 1. The summed E-state index contributed by atoms with van der Waals surface area (Å²) in [5, 5.41) is 11.4. The van der Waals surface area contributed by atoms with Crippen molar-refractivity contribution in [1.82, 2.24) is 15.5 Å². The number of fused-ring (bicyclic) bond motifs is 1. The second kappa shape index (κ2) is 8.49. The third-order valence-electron chi connectivity index (χ3n) is 4.81. The molecule has 0 saturated heterocycles. The summed E-state index contributed by atoms with van der Waals surface area (Å²) < 4.78 is 6.67. The van der Waals surface area contributed by atoms with Gasteiger partial charge in [0.2, 0.25) is 11.8 Å². The molecule has 1 aromatic heterocycles. The van der Waals surface area contributed by atoms with Gasteiger partial charge < -0.3 is 9.73 Å². The normalized spacial score (nSPS) is 17.0. The van der Waals surface area contributed by atoms with Crippen molar-refractivity contribution in [1.29, 1.82) is 0 Å². The second-order valence-electron chi connectivity index (χ2n) is 6.80. The summed E-state index contributed by atoms with van der Waals surface area (Å²) in [5.74, 6) is 0.423. The Balaban J connectivity index is 1.40. The van der Waals surface area contributed by atoms with Crippen LogP contribution in [-0.2, 0) is 11.2 Å². The molecular formula is C21H20BrN3O2S. The third kappa shape index (κ3) is 4.31. The van der Waals surface area contributed by atoms with E-state index in [1.54, 1.807) is 0 Å². The zero-order valence-electron chi connectivity index (χ0n) is 15.4. The van der Waals surface area contributed by atoms with E-state index in [9.17, 15) is 4.79 Å². The van der Waals surface area contributed by atoms with Gasteiger partial charge in [0.15, 0.2) is 0 Å². The van der Waals surface area contributed by atoms with Crippen LogP contribution in [0, 0.1) is 0 Å². The molecule has 1 heterocycles. The lowest BCUT2D eigenvalue weighted by Gasteiger charge is -2.27. The monoisotopic (exact) mass is 457 g/mol. The summed E-state index contributed by atoms with van der Waals surface area (Å²) >= 11 is 4.71. The van der Waals surface area contributed by atoms with Crippen LogP contribution in [0.25, 0.3) is 11.5 Å². The Labute approximate surface area is 176 Å². The van der Waals surface area contributed by atoms with Gasteiger partial charge in [-0.3, -0.25) is 4.79 Å². The average molecular weight is 458 g/mol. The van der Waals surface area contributed by atoms with Gasteiger partial charge in [-0.2, -0.15) is 0 Å². The number of nitrogens with one attached hydrogen (secondary N) is 1. The summed E-state index contributed by atoms with van der Waals surface area (Å²) in [6.07, 6.45) is 3.13. The molecule has 0 radical (unpaired) electrons. The Hall–Kier alpha value is -2.12. The number of aryl methyl sites for hydroxylation is 1. The first-order valence-corrected chi connectivity index (χ1v) is 10.9. The van der Waals surface area contributed by atoms with E-state index in [1.807, 2.05) is 37.3 Å². The molecule has 0 aliphatic heterocycles. The summed E-state index contributed by atoms with van der Waals surface area (Å²) in [4.78, 5) is 12.7. The smallest absolute Gasteiger partial charge is 0.277 e. The SMILES string of the molecule is CC(Sc1nnc(-c2cccc(Br)c2)o1)C(=O)NC1CCCc2ccccc21. The van der Waals surface area contributed by atoms with E-state index in [-0.39, 0.29) is 17.2 Å². The number of aromatic nitrogens is 2. The summed E-state index contributed by atoms with van der Waals surface area (Å²) in [7, 11) is 0. The van der Waals surface area contributed by atoms with E-state index in [1.165, 1.54) is 22.9 Å². The fraction of sp³-hybridized carbons (Fsp3) is 0.286. The van der Waals surface area contributed by atoms with Crippen LogP contribution in [0.2, 0.25) is 0 Å². The first kappa shape index (κ1) is 19.2. The predicted molar refractivity (Wildman–Crippen MR) is 113 cm³/mol. The topological polar surface area (TPSA) is 68.0 Å². The number of carbonyl (C=O) groups is 1. The molecule has 3 aromatic rings. The Bertz CT molecular complexity index is 991. The van der Waals surface area contributed by atoms with E-state index < -0.39 is 0 Å². The fourth-order valence-corrected chi connectivity index (χ4v) is 4.49. The molecule has 2 atom stereocenters. The number of carbonyl (C=O) groups excluding carboxylic acids is 1. The van der Waals surface area contributed by atoms with Crippen LogP contribution in [-0.4, -0.2) is 21.4 Å². The van der Waals surface area contributed by atoms with Gasteiger partial charge in [0.05, 0.1) is 11.3 Å². The Morgan fingerprint density at radius 3 is 2.96 bits per heavy atom. The number of rotatable bonds is 5. The highest BCUT2D eigenvalue weighted by Gasteiger charge is 2.25. The number of hydrogen-bond donors (Lipinski definition) is 1. The molecule has 4 rings (SSSR count). The molecule has 1 N–H and O–H groups in total. The van der Waals surface area contributed by atoms with Gasteiger partial charge in [-0.25, -0.2) is 0 Å². The van der Waals surface area contributed by atoms with Gasteiger partial charge in [0.1, 0.15) is 0 Å². The third-order valence-corrected chi connectivity index (χ3v) is 6.24. The van der Waals surface area contributed by atoms with Gasteiger partial charge in [-0.15, -0.1) is 10.2 Å². The molecule has 1 amide bonds. The highest BCUT2D eigenvalue weighted by Crippen LogP contribution is 2.31. The first-order valence-electron chi connectivity index (χ1n) is 9.24. The minimum Gasteiger partial charge on any atom is -0.411 e. The molecule has 2 aromatic carbocycles.